The summed E-state index contributed by atoms with van der Waals surface area (Å²) in [5.74, 6) is -3.40. The zero-order chi connectivity index (χ0) is 15.8. The monoisotopic (exact) mass is 306 g/mol. The van der Waals surface area contributed by atoms with Crippen molar-refractivity contribution in [3.05, 3.63) is 29.6 Å². The number of ether oxygens (including phenoxy) is 1. The maximum Gasteiger partial charge on any atom is 0.416 e. The van der Waals surface area contributed by atoms with Crippen molar-refractivity contribution >= 4 is 11.8 Å². The van der Waals surface area contributed by atoms with E-state index in [0.29, 0.717) is 12.1 Å². The summed E-state index contributed by atoms with van der Waals surface area (Å²) in [5, 5.41) is 0. The topological polar surface area (TPSA) is 72.6 Å². The lowest BCUT2D eigenvalue weighted by Crippen LogP contribution is -2.58. The summed E-state index contributed by atoms with van der Waals surface area (Å²) in [7, 11) is 0. The average Bonchev–Trinajstić information content (AvgIpc) is 2.30. The molecule has 0 atom stereocenters. The molecule has 0 unspecified atom stereocenters. The molecule has 1 aliphatic heterocycles. The van der Waals surface area contributed by atoms with E-state index in [0.717, 1.165) is 11.0 Å². The molecule has 1 aromatic carbocycles. The third kappa shape index (κ3) is 3.41. The van der Waals surface area contributed by atoms with Crippen molar-refractivity contribution < 1.29 is 31.9 Å². The van der Waals surface area contributed by atoms with Gasteiger partial charge in [0.1, 0.15) is 17.7 Å². The molecule has 5 nitrogen and oxygen atoms in total. The van der Waals surface area contributed by atoms with Crippen LogP contribution in [-0.4, -0.2) is 35.9 Å². The van der Waals surface area contributed by atoms with Crippen LogP contribution in [0.1, 0.15) is 5.56 Å². The fourth-order valence-corrected chi connectivity index (χ4v) is 1.82. The van der Waals surface area contributed by atoms with Crippen LogP contribution in [0.4, 0.5) is 17.6 Å². The lowest BCUT2D eigenvalue weighted by Gasteiger charge is -2.38. The van der Waals surface area contributed by atoms with Gasteiger partial charge in [-0.05, 0) is 12.1 Å². The van der Waals surface area contributed by atoms with Crippen molar-refractivity contribution in [2.75, 3.05) is 13.1 Å². The van der Waals surface area contributed by atoms with Crippen molar-refractivity contribution in [2.45, 2.75) is 12.3 Å². The van der Waals surface area contributed by atoms with E-state index in [1.807, 2.05) is 0 Å². The summed E-state index contributed by atoms with van der Waals surface area (Å²) in [6.45, 7) is -0.000719. The van der Waals surface area contributed by atoms with Crippen LogP contribution < -0.4 is 10.5 Å². The van der Waals surface area contributed by atoms with Crippen molar-refractivity contribution in [1.82, 2.24) is 4.90 Å². The van der Waals surface area contributed by atoms with Crippen molar-refractivity contribution in [2.24, 2.45) is 5.73 Å². The van der Waals surface area contributed by atoms with Crippen molar-refractivity contribution in [3.63, 3.8) is 0 Å². The van der Waals surface area contributed by atoms with Crippen molar-refractivity contribution in [3.8, 4) is 5.75 Å². The predicted molar refractivity (Wildman–Crippen MR) is 61.6 cm³/mol. The van der Waals surface area contributed by atoms with E-state index in [-0.39, 0.29) is 18.8 Å². The molecule has 114 valence electrons. The number of primary amides is 1. The van der Waals surface area contributed by atoms with Gasteiger partial charge in [-0.15, -0.1) is 0 Å². The molecule has 9 heteroatoms. The molecule has 0 bridgehead atoms. The van der Waals surface area contributed by atoms with Crippen LogP contribution in [0.5, 0.6) is 5.75 Å². The van der Waals surface area contributed by atoms with E-state index < -0.39 is 35.5 Å². The Hall–Kier alpha value is -2.32. The Morgan fingerprint density at radius 1 is 1.24 bits per heavy atom. The summed E-state index contributed by atoms with van der Waals surface area (Å²) in [6, 6.07) is 1.84. The Bertz CT molecular complexity index is 582. The van der Waals surface area contributed by atoms with E-state index in [4.69, 9.17) is 10.5 Å². The SMILES string of the molecule is NC(=O)C(=O)N1CC(Oc2cc(F)cc(C(F)(F)F)c2)C1. The van der Waals surface area contributed by atoms with Gasteiger partial charge in [-0.25, -0.2) is 4.39 Å². The Morgan fingerprint density at radius 2 is 1.86 bits per heavy atom. The quantitative estimate of drug-likeness (QED) is 0.652. The summed E-state index contributed by atoms with van der Waals surface area (Å²) in [4.78, 5) is 22.8. The van der Waals surface area contributed by atoms with Crippen LogP contribution in [0.25, 0.3) is 0 Å². The molecular weight excluding hydrogens is 296 g/mol. The maximum atomic E-state index is 13.1. The molecule has 21 heavy (non-hydrogen) atoms. The second-order valence-electron chi connectivity index (χ2n) is 4.49. The van der Waals surface area contributed by atoms with Crippen LogP contribution in [0.3, 0.4) is 0 Å². The Labute approximate surface area is 116 Å². The van der Waals surface area contributed by atoms with Crippen molar-refractivity contribution in [1.29, 1.82) is 0 Å². The number of halogens is 4. The minimum Gasteiger partial charge on any atom is -0.487 e. The zero-order valence-electron chi connectivity index (χ0n) is 10.5. The van der Waals surface area contributed by atoms with Crippen LogP contribution >= 0.6 is 0 Å². The Morgan fingerprint density at radius 3 is 2.38 bits per heavy atom. The van der Waals surface area contributed by atoms with Gasteiger partial charge >= 0.3 is 18.0 Å². The number of carbonyl (C=O) groups excluding carboxylic acids is 2. The first kappa shape index (κ1) is 15.1. The number of rotatable bonds is 2. The average molecular weight is 306 g/mol. The van der Waals surface area contributed by atoms with E-state index in [1.54, 1.807) is 0 Å². The molecule has 0 aromatic heterocycles. The van der Waals surface area contributed by atoms with Gasteiger partial charge in [0.05, 0.1) is 18.7 Å². The lowest BCUT2D eigenvalue weighted by molar-refractivity contribution is -0.150. The van der Waals surface area contributed by atoms with Crippen LogP contribution in [0, 0.1) is 5.82 Å². The molecule has 0 spiro atoms. The smallest absolute Gasteiger partial charge is 0.416 e. The molecule has 1 heterocycles. The number of carbonyl (C=O) groups is 2. The molecule has 1 aromatic rings. The van der Waals surface area contributed by atoms with E-state index in [1.165, 1.54) is 0 Å². The first-order chi connectivity index (χ1) is 9.66. The number of likely N-dealkylation sites (tertiary alicyclic amines) is 1. The highest BCUT2D eigenvalue weighted by Gasteiger charge is 2.36. The van der Waals surface area contributed by atoms with Crippen LogP contribution in [0.2, 0.25) is 0 Å². The number of nitrogens with zero attached hydrogens (tertiary/aromatic N) is 1. The van der Waals surface area contributed by atoms with Gasteiger partial charge in [-0.2, -0.15) is 13.2 Å². The predicted octanol–water partition coefficient (Wildman–Crippen LogP) is 0.919. The van der Waals surface area contributed by atoms with Gasteiger partial charge in [-0.3, -0.25) is 9.59 Å². The number of amides is 2. The summed E-state index contributed by atoms with van der Waals surface area (Å²) in [5.41, 5.74) is 3.62. The third-order valence-electron chi connectivity index (χ3n) is 2.85. The highest BCUT2D eigenvalue weighted by atomic mass is 19.4. The van der Waals surface area contributed by atoms with Crippen LogP contribution in [0.15, 0.2) is 18.2 Å². The molecule has 0 aliphatic carbocycles. The van der Waals surface area contributed by atoms with E-state index in [9.17, 15) is 27.2 Å². The molecule has 1 aliphatic rings. The van der Waals surface area contributed by atoms with Crippen LogP contribution in [-0.2, 0) is 15.8 Å². The normalized spacial score (nSPS) is 15.5. The Kier molecular flexibility index (Phi) is 3.75. The van der Waals surface area contributed by atoms with E-state index in [2.05, 4.69) is 0 Å². The van der Waals surface area contributed by atoms with Gasteiger partial charge < -0.3 is 15.4 Å². The molecule has 0 radical (unpaired) electrons. The molecule has 2 N–H and O–H groups in total. The number of alkyl halides is 3. The van der Waals surface area contributed by atoms with Gasteiger partial charge in [0.15, 0.2) is 0 Å². The molecular formula is C12H10F4N2O3. The number of hydrogen-bond donors (Lipinski definition) is 1. The zero-order valence-corrected chi connectivity index (χ0v) is 10.5. The highest BCUT2D eigenvalue weighted by Crippen LogP contribution is 2.33. The maximum absolute atomic E-state index is 13.1. The van der Waals surface area contributed by atoms with Gasteiger partial charge in [-0.1, -0.05) is 0 Å². The summed E-state index contributed by atoms with van der Waals surface area (Å²) < 4.78 is 55.8. The number of nitrogens with two attached hydrogens (primary N) is 1. The number of hydrogen-bond acceptors (Lipinski definition) is 3. The first-order valence-corrected chi connectivity index (χ1v) is 5.80. The van der Waals surface area contributed by atoms with Gasteiger partial charge in [0.25, 0.3) is 0 Å². The second kappa shape index (κ2) is 5.23. The highest BCUT2D eigenvalue weighted by molar-refractivity contribution is 6.34. The Balaban J connectivity index is 2.01. The minimum atomic E-state index is -4.69. The molecule has 1 saturated heterocycles. The first-order valence-electron chi connectivity index (χ1n) is 5.80. The molecule has 2 rings (SSSR count). The third-order valence-corrected chi connectivity index (χ3v) is 2.85. The number of benzene rings is 1. The summed E-state index contributed by atoms with van der Waals surface area (Å²) >= 11 is 0. The van der Waals surface area contributed by atoms with Gasteiger partial charge in [0.2, 0.25) is 0 Å². The molecule has 0 saturated carbocycles. The fraction of sp³-hybridized carbons (Fsp3) is 0.333. The standard InChI is InChI=1S/C12H10F4N2O3/c13-7-1-6(12(14,15)16)2-8(3-7)21-9-4-18(5-9)11(20)10(17)19/h1-3,9H,4-5H2,(H2,17,19). The van der Waals surface area contributed by atoms with Gasteiger partial charge in [0, 0.05) is 6.07 Å². The summed E-state index contributed by atoms with van der Waals surface area (Å²) in [6.07, 6.45) is -5.30. The minimum absolute atomic E-state index is 0.000359. The molecule has 1 fully saturated rings. The molecule has 2 amide bonds. The van der Waals surface area contributed by atoms with E-state index >= 15 is 0 Å². The largest absolute Gasteiger partial charge is 0.487 e. The lowest BCUT2D eigenvalue weighted by atomic mass is 10.1. The second-order valence-corrected chi connectivity index (χ2v) is 4.49. The fourth-order valence-electron chi connectivity index (χ4n) is 1.82.